The largest absolute Gasteiger partial charge is 0.462 e. The lowest BCUT2D eigenvalue weighted by atomic mass is 10.2. The van der Waals surface area contributed by atoms with Crippen LogP contribution in [0.2, 0.25) is 0 Å². The van der Waals surface area contributed by atoms with Gasteiger partial charge in [-0.3, -0.25) is 0 Å². The zero-order chi connectivity index (χ0) is 9.97. The highest BCUT2D eigenvalue weighted by atomic mass is 16.5. The molecule has 0 saturated heterocycles. The summed E-state index contributed by atoms with van der Waals surface area (Å²) in [5.74, 6) is -0.267. The van der Waals surface area contributed by atoms with Crippen molar-refractivity contribution in [3.8, 4) is 0 Å². The van der Waals surface area contributed by atoms with E-state index < -0.39 is 0 Å². The van der Waals surface area contributed by atoms with Gasteiger partial charge in [0.25, 0.3) is 0 Å². The van der Waals surface area contributed by atoms with Gasteiger partial charge in [-0.25, -0.2) is 4.79 Å². The fraction of sp³-hybridized carbons (Fsp3) is 0.182. The molecule has 0 bridgehead atoms. The van der Waals surface area contributed by atoms with Crippen molar-refractivity contribution >= 4 is 11.5 Å². The molecule has 0 aliphatic rings. The van der Waals surface area contributed by atoms with Crippen molar-refractivity contribution in [3.63, 3.8) is 0 Å². The molecule has 2 aromatic rings. The van der Waals surface area contributed by atoms with Crippen LogP contribution in [0.3, 0.4) is 0 Å². The third kappa shape index (κ3) is 1.37. The average molecular weight is 189 g/mol. The van der Waals surface area contributed by atoms with E-state index in [0.717, 1.165) is 5.52 Å². The van der Waals surface area contributed by atoms with Gasteiger partial charge >= 0.3 is 5.97 Å². The maximum Gasteiger partial charge on any atom is 0.340 e. The number of aromatic nitrogens is 1. The molecule has 2 rings (SSSR count). The highest BCUT2D eigenvalue weighted by molar-refractivity contribution is 5.96. The third-order valence-corrected chi connectivity index (χ3v) is 2.06. The van der Waals surface area contributed by atoms with Crippen LogP contribution < -0.4 is 0 Å². The van der Waals surface area contributed by atoms with Crippen molar-refractivity contribution in [1.29, 1.82) is 0 Å². The summed E-state index contributed by atoms with van der Waals surface area (Å²) in [6, 6.07) is 7.40. The summed E-state index contributed by atoms with van der Waals surface area (Å²) in [6.07, 6.45) is 3.80. The molecule has 0 fully saturated rings. The molecule has 0 aromatic carbocycles. The number of pyridine rings is 1. The zero-order valence-electron chi connectivity index (χ0n) is 7.93. The fourth-order valence-electron chi connectivity index (χ4n) is 1.45. The third-order valence-electron chi connectivity index (χ3n) is 2.06. The average Bonchev–Trinajstić information content (AvgIpc) is 2.65. The van der Waals surface area contributed by atoms with Gasteiger partial charge < -0.3 is 9.14 Å². The Hall–Kier alpha value is -1.77. The number of esters is 1. The van der Waals surface area contributed by atoms with Gasteiger partial charge in [0, 0.05) is 12.4 Å². The first-order valence-electron chi connectivity index (χ1n) is 4.55. The normalized spacial score (nSPS) is 10.4. The van der Waals surface area contributed by atoms with E-state index in [1.54, 1.807) is 13.0 Å². The molecule has 2 aromatic heterocycles. The SMILES string of the molecule is CCOC(=O)c1cccn2cccc12. The van der Waals surface area contributed by atoms with E-state index in [1.165, 1.54) is 0 Å². The second kappa shape index (κ2) is 3.54. The van der Waals surface area contributed by atoms with Crippen molar-refractivity contribution in [2.75, 3.05) is 6.61 Å². The topological polar surface area (TPSA) is 30.7 Å². The fourth-order valence-corrected chi connectivity index (χ4v) is 1.45. The molecule has 0 aliphatic carbocycles. The first kappa shape index (κ1) is 8.81. The maximum atomic E-state index is 11.5. The monoisotopic (exact) mass is 189 g/mol. The number of carbonyl (C=O) groups excluding carboxylic acids is 1. The van der Waals surface area contributed by atoms with Crippen LogP contribution in [0.5, 0.6) is 0 Å². The maximum absolute atomic E-state index is 11.5. The van der Waals surface area contributed by atoms with Crippen molar-refractivity contribution in [2.24, 2.45) is 0 Å². The summed E-state index contributed by atoms with van der Waals surface area (Å²) in [4.78, 5) is 11.5. The van der Waals surface area contributed by atoms with Gasteiger partial charge in [0.15, 0.2) is 0 Å². The van der Waals surface area contributed by atoms with Gasteiger partial charge in [0.05, 0.1) is 17.7 Å². The van der Waals surface area contributed by atoms with E-state index in [1.807, 2.05) is 35.0 Å². The number of carbonyl (C=O) groups is 1. The van der Waals surface area contributed by atoms with Gasteiger partial charge in [0.1, 0.15) is 0 Å². The summed E-state index contributed by atoms with van der Waals surface area (Å²) >= 11 is 0. The minimum Gasteiger partial charge on any atom is -0.462 e. The summed E-state index contributed by atoms with van der Waals surface area (Å²) in [6.45, 7) is 2.21. The Labute approximate surface area is 81.9 Å². The molecular formula is C11H11NO2. The Balaban J connectivity index is 2.50. The molecule has 0 N–H and O–H groups in total. The van der Waals surface area contributed by atoms with Crippen molar-refractivity contribution in [2.45, 2.75) is 6.92 Å². The first-order chi connectivity index (χ1) is 6.83. The Morgan fingerprint density at radius 1 is 1.36 bits per heavy atom. The minimum atomic E-state index is -0.267. The molecule has 0 radical (unpaired) electrons. The number of hydrogen-bond acceptors (Lipinski definition) is 2. The molecule has 0 saturated carbocycles. The van der Waals surface area contributed by atoms with E-state index in [0.29, 0.717) is 12.2 Å². The number of nitrogens with zero attached hydrogens (tertiary/aromatic N) is 1. The smallest absolute Gasteiger partial charge is 0.340 e. The molecule has 3 heteroatoms. The van der Waals surface area contributed by atoms with E-state index in [-0.39, 0.29) is 5.97 Å². The van der Waals surface area contributed by atoms with E-state index in [2.05, 4.69) is 0 Å². The molecule has 0 aliphatic heterocycles. The van der Waals surface area contributed by atoms with Crippen LogP contribution in [0.15, 0.2) is 36.7 Å². The lowest BCUT2D eigenvalue weighted by Crippen LogP contribution is -2.05. The van der Waals surface area contributed by atoms with Crippen molar-refractivity contribution < 1.29 is 9.53 Å². The molecule has 0 atom stereocenters. The van der Waals surface area contributed by atoms with Gasteiger partial charge in [-0.15, -0.1) is 0 Å². The molecule has 0 unspecified atom stereocenters. The van der Waals surface area contributed by atoms with Gasteiger partial charge in [-0.2, -0.15) is 0 Å². The number of fused-ring (bicyclic) bond motifs is 1. The molecule has 3 nitrogen and oxygen atoms in total. The standard InChI is InChI=1S/C11H11NO2/c1-2-14-11(13)9-5-3-7-12-8-4-6-10(9)12/h3-8H,2H2,1H3. The Bertz CT molecular complexity index is 459. The Morgan fingerprint density at radius 2 is 2.07 bits per heavy atom. The van der Waals surface area contributed by atoms with Crippen LogP contribution in [-0.4, -0.2) is 17.0 Å². The zero-order valence-corrected chi connectivity index (χ0v) is 7.93. The van der Waals surface area contributed by atoms with Crippen LogP contribution in [0.25, 0.3) is 5.52 Å². The number of hydrogen-bond donors (Lipinski definition) is 0. The summed E-state index contributed by atoms with van der Waals surface area (Å²) in [7, 11) is 0. The first-order valence-corrected chi connectivity index (χ1v) is 4.55. The van der Waals surface area contributed by atoms with Crippen molar-refractivity contribution in [1.82, 2.24) is 4.40 Å². The Kier molecular flexibility index (Phi) is 2.23. The Morgan fingerprint density at radius 3 is 2.79 bits per heavy atom. The van der Waals surface area contributed by atoms with Crippen molar-refractivity contribution in [3.05, 3.63) is 42.2 Å². The van der Waals surface area contributed by atoms with E-state index >= 15 is 0 Å². The highest BCUT2D eigenvalue weighted by Crippen LogP contribution is 2.12. The second-order valence-corrected chi connectivity index (χ2v) is 2.94. The second-order valence-electron chi connectivity index (χ2n) is 2.94. The van der Waals surface area contributed by atoms with E-state index in [9.17, 15) is 4.79 Å². The predicted octanol–water partition coefficient (Wildman–Crippen LogP) is 2.12. The number of ether oxygens (including phenoxy) is 1. The number of rotatable bonds is 2. The predicted molar refractivity (Wildman–Crippen MR) is 53.4 cm³/mol. The van der Waals surface area contributed by atoms with Crippen LogP contribution in [0, 0.1) is 0 Å². The van der Waals surface area contributed by atoms with Crippen LogP contribution >= 0.6 is 0 Å². The van der Waals surface area contributed by atoms with Crippen LogP contribution in [-0.2, 0) is 4.74 Å². The van der Waals surface area contributed by atoms with E-state index in [4.69, 9.17) is 4.74 Å². The lowest BCUT2D eigenvalue weighted by molar-refractivity contribution is 0.0528. The minimum absolute atomic E-state index is 0.267. The molecule has 2 heterocycles. The lowest BCUT2D eigenvalue weighted by Gasteiger charge is -2.03. The highest BCUT2D eigenvalue weighted by Gasteiger charge is 2.09. The molecule has 0 spiro atoms. The van der Waals surface area contributed by atoms with Crippen LogP contribution in [0.1, 0.15) is 17.3 Å². The molecular weight excluding hydrogens is 178 g/mol. The molecule has 72 valence electrons. The summed E-state index contributed by atoms with van der Waals surface area (Å²) < 4.78 is 6.85. The summed E-state index contributed by atoms with van der Waals surface area (Å²) in [5, 5.41) is 0. The molecule has 0 amide bonds. The van der Waals surface area contributed by atoms with Gasteiger partial charge in [0.2, 0.25) is 0 Å². The summed E-state index contributed by atoms with van der Waals surface area (Å²) in [5.41, 5.74) is 1.49. The van der Waals surface area contributed by atoms with Gasteiger partial charge in [-0.1, -0.05) is 0 Å². The quantitative estimate of drug-likeness (QED) is 0.677. The molecule has 14 heavy (non-hydrogen) atoms. The van der Waals surface area contributed by atoms with Gasteiger partial charge in [-0.05, 0) is 31.2 Å². The van der Waals surface area contributed by atoms with Crippen LogP contribution in [0.4, 0.5) is 0 Å².